The minimum Gasteiger partial charge on any atom is -0.393 e. The lowest BCUT2D eigenvalue weighted by Crippen LogP contribution is -2.36. The Morgan fingerprint density at radius 1 is 1.41 bits per heavy atom. The van der Waals surface area contributed by atoms with Gasteiger partial charge in [-0.1, -0.05) is 13.0 Å². The molecule has 0 aliphatic carbocycles. The Morgan fingerprint density at radius 3 is 2.76 bits per heavy atom. The van der Waals surface area contributed by atoms with Crippen molar-refractivity contribution in [2.45, 2.75) is 32.4 Å². The summed E-state index contributed by atoms with van der Waals surface area (Å²) in [6.45, 7) is 5.76. The first kappa shape index (κ1) is 12.3. The summed E-state index contributed by atoms with van der Waals surface area (Å²) in [6.07, 6.45) is 3.50. The van der Waals surface area contributed by atoms with Crippen LogP contribution in [0.5, 0.6) is 0 Å². The van der Waals surface area contributed by atoms with Gasteiger partial charge in [-0.2, -0.15) is 0 Å². The molecule has 1 aliphatic rings. The van der Waals surface area contributed by atoms with Crippen LogP contribution < -0.4 is 10.2 Å². The average Bonchev–Trinajstić information content (AvgIpc) is 2.38. The predicted octanol–water partition coefficient (Wildman–Crippen LogP) is 1.15. The molecule has 4 heteroatoms. The summed E-state index contributed by atoms with van der Waals surface area (Å²) in [7, 11) is 0. The molecule has 1 saturated heterocycles. The van der Waals surface area contributed by atoms with E-state index < -0.39 is 0 Å². The van der Waals surface area contributed by atoms with E-state index in [9.17, 15) is 5.11 Å². The number of hydrogen-bond donors (Lipinski definition) is 2. The summed E-state index contributed by atoms with van der Waals surface area (Å²) in [5.74, 6) is 1.03. The number of piperidine rings is 1. The minimum absolute atomic E-state index is 0.126. The maximum Gasteiger partial charge on any atom is 0.128 e. The number of anilines is 1. The molecule has 1 aromatic rings. The summed E-state index contributed by atoms with van der Waals surface area (Å²) in [5.41, 5.74) is 1.22. The fraction of sp³-hybridized carbons (Fsp3) is 0.615. The van der Waals surface area contributed by atoms with Gasteiger partial charge in [0.05, 0.1) is 6.10 Å². The lowest BCUT2D eigenvalue weighted by Gasteiger charge is -2.30. The lowest BCUT2D eigenvalue weighted by atomic mass is 10.1. The molecule has 0 bridgehead atoms. The van der Waals surface area contributed by atoms with Crippen molar-refractivity contribution in [1.82, 2.24) is 10.3 Å². The van der Waals surface area contributed by atoms with Crippen LogP contribution in [0.25, 0.3) is 0 Å². The Kier molecular flexibility index (Phi) is 4.34. The third kappa shape index (κ3) is 3.41. The smallest absolute Gasteiger partial charge is 0.128 e. The molecule has 1 aliphatic heterocycles. The first-order valence-electron chi connectivity index (χ1n) is 6.38. The Bertz CT molecular complexity index is 331. The van der Waals surface area contributed by atoms with Gasteiger partial charge < -0.3 is 15.3 Å². The standard InChI is InChI=1S/C13H21N3O/c1-2-14-9-11-3-4-13(15-10-11)16-7-5-12(17)6-8-16/h3-4,10,12,14,17H,2,5-9H2,1H3. The second-order valence-corrected chi connectivity index (χ2v) is 4.52. The van der Waals surface area contributed by atoms with E-state index in [1.54, 1.807) is 0 Å². The number of aliphatic hydroxyl groups excluding tert-OH is 1. The SMILES string of the molecule is CCNCc1ccc(N2CCC(O)CC2)nc1. The first-order chi connectivity index (χ1) is 8.29. The van der Waals surface area contributed by atoms with Gasteiger partial charge in [0.25, 0.3) is 0 Å². The lowest BCUT2D eigenvalue weighted by molar-refractivity contribution is 0.145. The van der Waals surface area contributed by atoms with Crippen LogP contribution in [0.15, 0.2) is 18.3 Å². The van der Waals surface area contributed by atoms with Crippen LogP contribution in [-0.4, -0.2) is 35.8 Å². The van der Waals surface area contributed by atoms with Crippen molar-refractivity contribution in [3.63, 3.8) is 0 Å². The maximum absolute atomic E-state index is 9.46. The fourth-order valence-electron chi connectivity index (χ4n) is 2.07. The Labute approximate surface area is 103 Å². The maximum atomic E-state index is 9.46. The summed E-state index contributed by atoms with van der Waals surface area (Å²) in [4.78, 5) is 6.72. The van der Waals surface area contributed by atoms with Crippen molar-refractivity contribution in [3.8, 4) is 0 Å². The molecule has 0 spiro atoms. The van der Waals surface area contributed by atoms with E-state index >= 15 is 0 Å². The topological polar surface area (TPSA) is 48.4 Å². The van der Waals surface area contributed by atoms with Gasteiger partial charge in [-0.15, -0.1) is 0 Å². The Hall–Kier alpha value is -1.13. The molecule has 0 aromatic carbocycles. The zero-order chi connectivity index (χ0) is 12.1. The van der Waals surface area contributed by atoms with Crippen LogP contribution in [0.1, 0.15) is 25.3 Å². The van der Waals surface area contributed by atoms with Crippen molar-refractivity contribution in [1.29, 1.82) is 0 Å². The molecule has 2 heterocycles. The fourth-order valence-corrected chi connectivity index (χ4v) is 2.07. The highest BCUT2D eigenvalue weighted by Gasteiger charge is 2.17. The number of hydrogen-bond acceptors (Lipinski definition) is 4. The van der Waals surface area contributed by atoms with E-state index in [0.29, 0.717) is 0 Å². The highest BCUT2D eigenvalue weighted by Crippen LogP contribution is 2.17. The summed E-state index contributed by atoms with van der Waals surface area (Å²) < 4.78 is 0. The predicted molar refractivity (Wildman–Crippen MR) is 69.1 cm³/mol. The molecular formula is C13H21N3O. The molecule has 0 radical (unpaired) electrons. The molecule has 1 fully saturated rings. The number of pyridine rings is 1. The highest BCUT2D eigenvalue weighted by atomic mass is 16.3. The summed E-state index contributed by atoms with van der Waals surface area (Å²) in [5, 5.41) is 12.7. The quantitative estimate of drug-likeness (QED) is 0.822. The average molecular weight is 235 g/mol. The second-order valence-electron chi connectivity index (χ2n) is 4.52. The van der Waals surface area contributed by atoms with Gasteiger partial charge in [0.1, 0.15) is 5.82 Å². The molecule has 94 valence electrons. The molecule has 1 aromatic heterocycles. The van der Waals surface area contributed by atoms with Crippen LogP contribution in [-0.2, 0) is 6.54 Å². The van der Waals surface area contributed by atoms with Crippen LogP contribution in [0.3, 0.4) is 0 Å². The normalized spacial score (nSPS) is 17.4. The van der Waals surface area contributed by atoms with E-state index in [4.69, 9.17) is 0 Å². The van der Waals surface area contributed by atoms with E-state index in [1.807, 2.05) is 6.20 Å². The Morgan fingerprint density at radius 2 is 2.18 bits per heavy atom. The van der Waals surface area contributed by atoms with Gasteiger partial charge in [-0.05, 0) is 31.0 Å². The zero-order valence-electron chi connectivity index (χ0n) is 10.4. The van der Waals surface area contributed by atoms with Gasteiger partial charge in [0, 0.05) is 25.8 Å². The van der Waals surface area contributed by atoms with Crippen LogP contribution in [0, 0.1) is 0 Å². The number of rotatable bonds is 4. The number of aromatic nitrogens is 1. The molecule has 4 nitrogen and oxygen atoms in total. The molecule has 0 unspecified atom stereocenters. The molecule has 2 rings (SSSR count). The molecule has 0 atom stereocenters. The third-order valence-corrected chi connectivity index (χ3v) is 3.18. The monoisotopic (exact) mass is 235 g/mol. The summed E-state index contributed by atoms with van der Waals surface area (Å²) >= 11 is 0. The van der Waals surface area contributed by atoms with Crippen molar-refractivity contribution in [3.05, 3.63) is 23.9 Å². The van der Waals surface area contributed by atoms with Gasteiger partial charge in [0.15, 0.2) is 0 Å². The van der Waals surface area contributed by atoms with Crippen LogP contribution >= 0.6 is 0 Å². The van der Waals surface area contributed by atoms with E-state index in [2.05, 4.69) is 34.3 Å². The Balaban J connectivity index is 1.93. The van der Waals surface area contributed by atoms with Crippen LogP contribution in [0.2, 0.25) is 0 Å². The molecule has 0 saturated carbocycles. The first-order valence-corrected chi connectivity index (χ1v) is 6.38. The molecule has 0 amide bonds. The zero-order valence-corrected chi connectivity index (χ0v) is 10.4. The molecule has 17 heavy (non-hydrogen) atoms. The van der Waals surface area contributed by atoms with E-state index in [1.165, 1.54) is 5.56 Å². The largest absolute Gasteiger partial charge is 0.393 e. The van der Waals surface area contributed by atoms with Crippen LogP contribution in [0.4, 0.5) is 5.82 Å². The van der Waals surface area contributed by atoms with Crippen molar-refractivity contribution < 1.29 is 5.11 Å². The number of nitrogens with one attached hydrogen (secondary N) is 1. The third-order valence-electron chi connectivity index (χ3n) is 3.18. The van der Waals surface area contributed by atoms with E-state index in [-0.39, 0.29) is 6.10 Å². The van der Waals surface area contributed by atoms with Gasteiger partial charge in [-0.25, -0.2) is 4.98 Å². The van der Waals surface area contributed by atoms with Gasteiger partial charge in [0.2, 0.25) is 0 Å². The van der Waals surface area contributed by atoms with Crippen molar-refractivity contribution in [2.75, 3.05) is 24.5 Å². The van der Waals surface area contributed by atoms with Gasteiger partial charge in [-0.3, -0.25) is 0 Å². The molecule has 2 N–H and O–H groups in total. The number of aliphatic hydroxyl groups is 1. The van der Waals surface area contributed by atoms with Crippen molar-refractivity contribution >= 4 is 5.82 Å². The minimum atomic E-state index is -0.126. The van der Waals surface area contributed by atoms with Gasteiger partial charge >= 0.3 is 0 Å². The highest BCUT2D eigenvalue weighted by molar-refractivity contribution is 5.39. The van der Waals surface area contributed by atoms with Crippen molar-refractivity contribution in [2.24, 2.45) is 0 Å². The van der Waals surface area contributed by atoms with E-state index in [0.717, 1.165) is 44.8 Å². The number of nitrogens with zero attached hydrogens (tertiary/aromatic N) is 2. The molecular weight excluding hydrogens is 214 g/mol. The summed E-state index contributed by atoms with van der Waals surface area (Å²) in [6, 6.07) is 4.19. The second kappa shape index (κ2) is 5.98.